The largest absolute Gasteiger partial charge is 0.280 e. The lowest BCUT2D eigenvalue weighted by Crippen LogP contribution is -2.39. The third-order valence-corrected chi connectivity index (χ3v) is 8.08. The van der Waals surface area contributed by atoms with Gasteiger partial charge in [0.2, 0.25) is 10.0 Å². The lowest BCUT2D eigenvalue weighted by Gasteiger charge is -2.30. The standard InChI is InChI=1S/C18H20ClFN2O4S2/c1-13-3-2-10-22(12-13)28(25,26)16-7-5-15(6-8-16)21-27(23,24)18-9-4-14(19)11-17(18)20/h4-9,11,13,21H,2-3,10,12H2,1H3/t13-/m0/s1. The number of nitrogens with one attached hydrogen (secondary N) is 1. The lowest BCUT2D eigenvalue weighted by molar-refractivity contribution is 0.281. The van der Waals surface area contributed by atoms with Gasteiger partial charge in [0, 0.05) is 23.8 Å². The molecule has 3 rings (SSSR count). The number of rotatable bonds is 5. The van der Waals surface area contributed by atoms with E-state index in [1.54, 1.807) is 0 Å². The van der Waals surface area contributed by atoms with Crippen molar-refractivity contribution in [1.29, 1.82) is 0 Å². The summed E-state index contributed by atoms with van der Waals surface area (Å²) in [6.07, 6.45) is 1.80. The molecule has 0 radical (unpaired) electrons. The van der Waals surface area contributed by atoms with E-state index in [2.05, 4.69) is 4.72 Å². The molecule has 0 saturated carbocycles. The van der Waals surface area contributed by atoms with Gasteiger partial charge in [0.15, 0.2) is 0 Å². The number of hydrogen-bond donors (Lipinski definition) is 1. The zero-order chi connectivity index (χ0) is 20.5. The van der Waals surface area contributed by atoms with Crippen molar-refractivity contribution in [1.82, 2.24) is 4.31 Å². The van der Waals surface area contributed by atoms with Crippen molar-refractivity contribution in [3.63, 3.8) is 0 Å². The van der Waals surface area contributed by atoms with Crippen molar-refractivity contribution in [3.05, 3.63) is 53.3 Å². The summed E-state index contributed by atoms with van der Waals surface area (Å²) in [5.41, 5.74) is 0.125. The van der Waals surface area contributed by atoms with E-state index in [9.17, 15) is 21.2 Å². The summed E-state index contributed by atoms with van der Waals surface area (Å²) in [4.78, 5) is -0.460. The monoisotopic (exact) mass is 446 g/mol. The zero-order valence-corrected chi connectivity index (χ0v) is 17.5. The fraction of sp³-hybridized carbons (Fsp3) is 0.333. The molecule has 10 heteroatoms. The normalized spacial score (nSPS) is 18.8. The predicted octanol–water partition coefficient (Wildman–Crippen LogP) is 3.70. The highest BCUT2D eigenvalue weighted by Gasteiger charge is 2.28. The average molecular weight is 447 g/mol. The van der Waals surface area contributed by atoms with Gasteiger partial charge in [-0.2, -0.15) is 4.31 Å². The predicted molar refractivity (Wildman–Crippen MR) is 106 cm³/mol. The van der Waals surface area contributed by atoms with Crippen LogP contribution >= 0.6 is 11.6 Å². The van der Waals surface area contributed by atoms with Crippen LogP contribution in [0.3, 0.4) is 0 Å². The van der Waals surface area contributed by atoms with Gasteiger partial charge in [-0.3, -0.25) is 4.72 Å². The number of sulfonamides is 2. The summed E-state index contributed by atoms with van der Waals surface area (Å²) < 4.78 is 67.9. The molecule has 6 nitrogen and oxygen atoms in total. The summed E-state index contributed by atoms with van der Waals surface area (Å²) in [7, 11) is -7.82. The van der Waals surface area contributed by atoms with Crippen LogP contribution in [0.2, 0.25) is 5.02 Å². The highest BCUT2D eigenvalue weighted by atomic mass is 35.5. The summed E-state index contributed by atoms with van der Waals surface area (Å²) in [6, 6.07) is 8.60. The highest BCUT2D eigenvalue weighted by molar-refractivity contribution is 7.92. The zero-order valence-electron chi connectivity index (χ0n) is 15.1. The highest BCUT2D eigenvalue weighted by Crippen LogP contribution is 2.26. The number of halogens is 2. The second-order valence-corrected chi connectivity index (χ2v) is 10.8. The van der Waals surface area contributed by atoms with Crippen molar-refractivity contribution in [2.24, 2.45) is 5.92 Å². The van der Waals surface area contributed by atoms with Gasteiger partial charge in [0.05, 0.1) is 4.90 Å². The number of benzene rings is 2. The molecule has 2 aromatic rings. The smallest absolute Gasteiger partial charge is 0.264 e. The minimum absolute atomic E-state index is 0.0815. The molecule has 1 aliphatic heterocycles. The van der Waals surface area contributed by atoms with Crippen LogP contribution in [0, 0.1) is 11.7 Å². The summed E-state index contributed by atoms with van der Waals surface area (Å²) in [5.74, 6) is -0.678. The molecule has 0 unspecified atom stereocenters. The average Bonchev–Trinajstić information content (AvgIpc) is 2.61. The molecule has 2 aromatic carbocycles. The van der Waals surface area contributed by atoms with Crippen LogP contribution in [0.4, 0.5) is 10.1 Å². The third-order valence-electron chi connectivity index (χ3n) is 4.55. The molecular formula is C18H20ClFN2O4S2. The fourth-order valence-corrected chi connectivity index (χ4v) is 5.99. The first-order chi connectivity index (χ1) is 13.1. The Labute approximate surface area is 169 Å². The Morgan fingerprint density at radius 2 is 1.79 bits per heavy atom. The van der Waals surface area contributed by atoms with Crippen molar-refractivity contribution < 1.29 is 21.2 Å². The summed E-state index contributed by atoms with van der Waals surface area (Å²) >= 11 is 5.64. The second kappa shape index (κ2) is 7.98. The van der Waals surface area contributed by atoms with Crippen LogP contribution in [0.1, 0.15) is 19.8 Å². The molecule has 1 fully saturated rings. The molecule has 1 heterocycles. The number of hydrogen-bond acceptors (Lipinski definition) is 4. The van der Waals surface area contributed by atoms with Gasteiger partial charge < -0.3 is 0 Å². The van der Waals surface area contributed by atoms with Gasteiger partial charge in [-0.25, -0.2) is 21.2 Å². The number of piperidine rings is 1. The van der Waals surface area contributed by atoms with E-state index in [0.717, 1.165) is 25.0 Å². The van der Waals surface area contributed by atoms with Gasteiger partial charge in [-0.15, -0.1) is 0 Å². The van der Waals surface area contributed by atoms with Crippen molar-refractivity contribution in [2.75, 3.05) is 17.8 Å². The first-order valence-electron chi connectivity index (χ1n) is 8.68. The maximum atomic E-state index is 13.9. The second-order valence-electron chi connectivity index (χ2n) is 6.82. The SMILES string of the molecule is C[C@H]1CCCN(S(=O)(=O)c2ccc(NS(=O)(=O)c3ccc(Cl)cc3F)cc2)C1. The molecule has 0 spiro atoms. The Bertz CT molecular complexity index is 1070. The number of nitrogens with zero attached hydrogens (tertiary/aromatic N) is 1. The first kappa shape index (κ1) is 21.0. The minimum atomic E-state index is -4.18. The molecule has 0 bridgehead atoms. The molecule has 152 valence electrons. The number of anilines is 1. The topological polar surface area (TPSA) is 83.6 Å². The van der Waals surface area contributed by atoms with Crippen molar-refractivity contribution in [3.8, 4) is 0 Å². The molecule has 0 aromatic heterocycles. The van der Waals surface area contributed by atoms with Gasteiger partial charge in [-0.05, 0) is 61.2 Å². The van der Waals surface area contributed by atoms with E-state index in [1.807, 2.05) is 6.92 Å². The van der Waals surface area contributed by atoms with Crippen LogP contribution in [-0.4, -0.2) is 34.2 Å². The van der Waals surface area contributed by atoms with E-state index in [1.165, 1.54) is 34.6 Å². The maximum absolute atomic E-state index is 13.9. The van der Waals surface area contributed by atoms with E-state index in [4.69, 9.17) is 11.6 Å². The van der Waals surface area contributed by atoms with Gasteiger partial charge in [-0.1, -0.05) is 18.5 Å². The van der Waals surface area contributed by atoms with E-state index >= 15 is 0 Å². The summed E-state index contributed by atoms with van der Waals surface area (Å²) in [5, 5.41) is 0.0815. The van der Waals surface area contributed by atoms with Crippen LogP contribution in [0.15, 0.2) is 52.3 Å². The molecule has 0 aliphatic carbocycles. The van der Waals surface area contributed by atoms with Gasteiger partial charge >= 0.3 is 0 Å². The lowest BCUT2D eigenvalue weighted by atomic mass is 10.0. The Morgan fingerprint density at radius 1 is 1.11 bits per heavy atom. The van der Waals surface area contributed by atoms with Gasteiger partial charge in [0.25, 0.3) is 10.0 Å². The van der Waals surface area contributed by atoms with E-state index in [-0.39, 0.29) is 15.6 Å². The third kappa shape index (κ3) is 4.48. The minimum Gasteiger partial charge on any atom is -0.280 e. The molecule has 0 amide bonds. The Hall–Kier alpha value is -1.68. The van der Waals surface area contributed by atoms with Crippen LogP contribution in [0.5, 0.6) is 0 Å². The van der Waals surface area contributed by atoms with Crippen molar-refractivity contribution >= 4 is 37.3 Å². The Morgan fingerprint density at radius 3 is 2.39 bits per heavy atom. The summed E-state index contributed by atoms with van der Waals surface area (Å²) in [6.45, 7) is 2.94. The fourth-order valence-electron chi connectivity index (χ4n) is 3.11. The Kier molecular flexibility index (Phi) is 6.00. The molecule has 1 atom stereocenters. The van der Waals surface area contributed by atoms with Gasteiger partial charge in [0.1, 0.15) is 10.7 Å². The molecule has 1 N–H and O–H groups in total. The van der Waals surface area contributed by atoms with E-state index < -0.39 is 30.8 Å². The molecule has 1 saturated heterocycles. The quantitative estimate of drug-likeness (QED) is 0.759. The van der Waals surface area contributed by atoms with Crippen LogP contribution < -0.4 is 4.72 Å². The van der Waals surface area contributed by atoms with Crippen LogP contribution in [0.25, 0.3) is 0 Å². The first-order valence-corrected chi connectivity index (χ1v) is 12.0. The molecule has 28 heavy (non-hydrogen) atoms. The van der Waals surface area contributed by atoms with E-state index in [0.29, 0.717) is 19.0 Å². The molecule has 1 aliphatic rings. The Balaban J connectivity index is 1.81. The van der Waals surface area contributed by atoms with Crippen LogP contribution in [-0.2, 0) is 20.0 Å². The maximum Gasteiger partial charge on any atom is 0.264 e. The molecular weight excluding hydrogens is 427 g/mol. The van der Waals surface area contributed by atoms with Crippen molar-refractivity contribution in [2.45, 2.75) is 29.6 Å².